The molecule has 182 valence electrons. The molecule has 3 atom stereocenters. The van der Waals surface area contributed by atoms with Crippen molar-refractivity contribution in [3.05, 3.63) is 39.9 Å². The average molecular weight is 498 g/mol. The van der Waals surface area contributed by atoms with Gasteiger partial charge in [-0.15, -0.1) is 0 Å². The quantitative estimate of drug-likeness (QED) is 0.565. The van der Waals surface area contributed by atoms with Gasteiger partial charge in [0.2, 0.25) is 11.8 Å². The molecule has 1 aromatic rings. The Balaban J connectivity index is 1.46. The van der Waals surface area contributed by atoms with E-state index in [2.05, 4.69) is 11.8 Å². The van der Waals surface area contributed by atoms with Crippen molar-refractivity contribution in [2.45, 2.75) is 38.4 Å². The lowest BCUT2D eigenvalue weighted by molar-refractivity contribution is -0.130. The second kappa shape index (κ2) is 12.2. The first-order valence-corrected chi connectivity index (χ1v) is 12.2. The van der Waals surface area contributed by atoms with Crippen molar-refractivity contribution in [1.29, 1.82) is 0 Å². The molecule has 9 heteroatoms. The maximum Gasteiger partial charge on any atom is 0.246 e. The summed E-state index contributed by atoms with van der Waals surface area (Å²) in [5.74, 6) is 0.240. The lowest BCUT2D eigenvalue weighted by Gasteiger charge is -2.35. The molecule has 0 spiro atoms. The third kappa shape index (κ3) is 7.97. The van der Waals surface area contributed by atoms with Gasteiger partial charge in [-0.3, -0.25) is 14.5 Å². The lowest BCUT2D eigenvalue weighted by Crippen LogP contribution is -2.46. The summed E-state index contributed by atoms with van der Waals surface area (Å²) in [5.41, 5.74) is 0.773. The van der Waals surface area contributed by atoms with Gasteiger partial charge in [0.15, 0.2) is 0 Å². The number of nitrogens with zero attached hydrogens (tertiary/aromatic N) is 3. The Morgan fingerprint density at radius 1 is 1.21 bits per heavy atom. The molecule has 0 aliphatic carbocycles. The predicted octanol–water partition coefficient (Wildman–Crippen LogP) is 2.52. The number of piperidine rings is 1. The van der Waals surface area contributed by atoms with Crippen molar-refractivity contribution in [2.75, 3.05) is 45.8 Å². The van der Waals surface area contributed by atoms with Crippen LogP contribution in [0.25, 0.3) is 6.08 Å². The SMILES string of the molecule is C[C@H]1C[C@@H](O)CN(C[C@H](O)CCN2CCN(C(=O)C=Cc3ccc(Cl)c(Cl)c3)CCC2=O)C1. The molecule has 2 saturated heterocycles. The Kier molecular flexibility index (Phi) is 9.58. The summed E-state index contributed by atoms with van der Waals surface area (Å²) >= 11 is 11.9. The van der Waals surface area contributed by atoms with E-state index in [0.29, 0.717) is 61.7 Å². The van der Waals surface area contributed by atoms with Gasteiger partial charge in [-0.1, -0.05) is 36.2 Å². The van der Waals surface area contributed by atoms with Crippen molar-refractivity contribution in [2.24, 2.45) is 5.92 Å². The fourth-order valence-electron chi connectivity index (χ4n) is 4.48. The third-order valence-corrected chi connectivity index (χ3v) is 6.92. The Hall–Kier alpha value is -1.64. The first-order chi connectivity index (χ1) is 15.7. The summed E-state index contributed by atoms with van der Waals surface area (Å²) in [6.45, 7) is 5.75. The van der Waals surface area contributed by atoms with Crippen molar-refractivity contribution < 1.29 is 19.8 Å². The number of hydrogen-bond donors (Lipinski definition) is 2. The van der Waals surface area contributed by atoms with Crippen LogP contribution in [0.1, 0.15) is 31.7 Å². The van der Waals surface area contributed by atoms with E-state index in [1.165, 1.54) is 6.08 Å². The molecule has 33 heavy (non-hydrogen) atoms. The van der Waals surface area contributed by atoms with Gasteiger partial charge in [-0.2, -0.15) is 0 Å². The number of aliphatic hydroxyl groups excluding tert-OH is 2. The minimum absolute atomic E-state index is 0.00650. The highest BCUT2D eigenvalue weighted by Gasteiger charge is 2.26. The van der Waals surface area contributed by atoms with Crippen LogP contribution in [0, 0.1) is 5.92 Å². The van der Waals surface area contributed by atoms with Crippen LogP contribution in [0.3, 0.4) is 0 Å². The Morgan fingerprint density at radius 3 is 2.73 bits per heavy atom. The second-order valence-corrected chi connectivity index (χ2v) is 9.93. The smallest absolute Gasteiger partial charge is 0.246 e. The number of β-amino-alcohol motifs (C(OH)–C–C–N with tert-alkyl or cyclic N) is 2. The standard InChI is InChI=1S/C24H33Cl2N3O4/c1-17-12-20(31)16-27(14-17)15-19(30)6-8-28-10-11-29(9-7-24(28)33)23(32)5-3-18-2-4-21(25)22(26)13-18/h2-5,13,17,19-20,30-31H,6-12,14-16H2,1H3/t17-,19+,20+/m0/s1. The zero-order valence-corrected chi connectivity index (χ0v) is 20.5. The van der Waals surface area contributed by atoms with Crippen molar-refractivity contribution in [1.82, 2.24) is 14.7 Å². The monoisotopic (exact) mass is 497 g/mol. The molecule has 0 radical (unpaired) electrons. The van der Waals surface area contributed by atoms with E-state index in [4.69, 9.17) is 23.2 Å². The van der Waals surface area contributed by atoms with Crippen LogP contribution in [-0.2, 0) is 9.59 Å². The summed E-state index contributed by atoms with van der Waals surface area (Å²) in [7, 11) is 0. The number of carbonyl (C=O) groups excluding carboxylic acids is 2. The molecule has 7 nitrogen and oxygen atoms in total. The van der Waals surface area contributed by atoms with Crippen LogP contribution < -0.4 is 0 Å². The number of rotatable bonds is 7. The van der Waals surface area contributed by atoms with Gasteiger partial charge in [-0.25, -0.2) is 0 Å². The number of amides is 2. The normalized spacial score (nSPS) is 23.7. The number of benzene rings is 1. The maximum absolute atomic E-state index is 12.6. The summed E-state index contributed by atoms with van der Waals surface area (Å²) in [5, 5.41) is 21.3. The van der Waals surface area contributed by atoms with Crippen LogP contribution in [0.5, 0.6) is 0 Å². The molecule has 0 unspecified atom stereocenters. The second-order valence-electron chi connectivity index (χ2n) is 9.12. The lowest BCUT2D eigenvalue weighted by atomic mass is 9.97. The fourth-order valence-corrected chi connectivity index (χ4v) is 4.79. The molecule has 2 aliphatic rings. The summed E-state index contributed by atoms with van der Waals surface area (Å²) in [4.78, 5) is 30.6. The number of likely N-dealkylation sites (tertiary alicyclic amines) is 1. The van der Waals surface area contributed by atoms with Crippen LogP contribution >= 0.6 is 23.2 Å². The van der Waals surface area contributed by atoms with Crippen molar-refractivity contribution in [3.63, 3.8) is 0 Å². The summed E-state index contributed by atoms with van der Waals surface area (Å²) in [6.07, 6.45) is 3.79. The summed E-state index contributed by atoms with van der Waals surface area (Å²) in [6, 6.07) is 5.15. The maximum atomic E-state index is 12.6. The first kappa shape index (κ1) is 26.0. The molecular formula is C24H33Cl2N3O4. The molecule has 0 saturated carbocycles. The number of halogens is 2. The van der Waals surface area contributed by atoms with Crippen molar-refractivity contribution >= 4 is 41.1 Å². The highest BCUT2D eigenvalue weighted by atomic mass is 35.5. The molecule has 0 bridgehead atoms. The van der Waals surface area contributed by atoms with Gasteiger partial charge in [0.05, 0.1) is 22.3 Å². The van der Waals surface area contributed by atoms with Gasteiger partial charge in [-0.05, 0) is 42.5 Å². The van der Waals surface area contributed by atoms with Crippen LogP contribution in [0.2, 0.25) is 10.0 Å². The molecular weight excluding hydrogens is 465 g/mol. The van der Waals surface area contributed by atoms with Gasteiger partial charge in [0, 0.05) is 58.3 Å². The summed E-state index contributed by atoms with van der Waals surface area (Å²) < 4.78 is 0. The number of aliphatic hydroxyl groups is 2. The van der Waals surface area contributed by atoms with E-state index in [0.717, 1.165) is 18.5 Å². The number of hydrogen-bond acceptors (Lipinski definition) is 5. The Bertz CT molecular complexity index is 856. The topological polar surface area (TPSA) is 84.3 Å². The van der Waals surface area contributed by atoms with Gasteiger partial charge < -0.3 is 20.0 Å². The van der Waals surface area contributed by atoms with E-state index in [-0.39, 0.29) is 24.3 Å². The van der Waals surface area contributed by atoms with Gasteiger partial charge in [0.25, 0.3) is 0 Å². The number of carbonyl (C=O) groups is 2. The van der Waals surface area contributed by atoms with E-state index in [9.17, 15) is 19.8 Å². The van der Waals surface area contributed by atoms with E-state index >= 15 is 0 Å². The first-order valence-electron chi connectivity index (χ1n) is 11.5. The van der Waals surface area contributed by atoms with Gasteiger partial charge in [0.1, 0.15) is 0 Å². The fraction of sp³-hybridized carbons (Fsp3) is 0.583. The third-order valence-electron chi connectivity index (χ3n) is 6.18. The van der Waals surface area contributed by atoms with Crippen LogP contribution in [-0.4, -0.2) is 94.7 Å². The zero-order valence-electron chi connectivity index (χ0n) is 19.0. The van der Waals surface area contributed by atoms with Crippen molar-refractivity contribution in [3.8, 4) is 0 Å². The molecule has 2 heterocycles. The predicted molar refractivity (Wildman–Crippen MR) is 130 cm³/mol. The van der Waals surface area contributed by atoms with Gasteiger partial charge >= 0.3 is 0 Å². The van der Waals surface area contributed by atoms with E-state index in [1.54, 1.807) is 34.1 Å². The Morgan fingerprint density at radius 2 is 2.00 bits per heavy atom. The molecule has 3 rings (SSSR count). The van der Waals surface area contributed by atoms with E-state index in [1.807, 2.05) is 0 Å². The molecule has 2 fully saturated rings. The molecule has 2 aliphatic heterocycles. The van der Waals surface area contributed by atoms with Crippen LogP contribution in [0.4, 0.5) is 0 Å². The zero-order chi connectivity index (χ0) is 24.0. The largest absolute Gasteiger partial charge is 0.392 e. The molecule has 0 aromatic heterocycles. The molecule has 2 amide bonds. The minimum atomic E-state index is -0.564. The van der Waals surface area contributed by atoms with E-state index < -0.39 is 6.10 Å². The Labute approximate surface area is 205 Å². The highest BCUT2D eigenvalue weighted by molar-refractivity contribution is 6.42. The molecule has 1 aromatic carbocycles. The van der Waals surface area contributed by atoms with Crippen LogP contribution in [0.15, 0.2) is 24.3 Å². The highest BCUT2D eigenvalue weighted by Crippen LogP contribution is 2.23. The molecule has 2 N–H and O–H groups in total. The average Bonchev–Trinajstić information content (AvgIpc) is 2.93. The minimum Gasteiger partial charge on any atom is -0.392 e.